The molecule has 1 aromatic carbocycles. The summed E-state index contributed by atoms with van der Waals surface area (Å²) in [5.74, 6) is -2.31. The number of allylic oxidation sites excluding steroid dienone is 1. The predicted molar refractivity (Wildman–Crippen MR) is 156 cm³/mol. The van der Waals surface area contributed by atoms with Crippen molar-refractivity contribution in [1.82, 2.24) is 4.90 Å². The van der Waals surface area contributed by atoms with Crippen LogP contribution in [0.15, 0.2) is 43.5 Å². The Morgan fingerprint density at radius 3 is 2.69 bits per heavy atom. The zero-order valence-electron chi connectivity index (χ0n) is 23.0. The summed E-state index contributed by atoms with van der Waals surface area (Å²) in [6.45, 7) is 13.5. The van der Waals surface area contributed by atoms with Crippen LogP contribution in [0.1, 0.15) is 45.1 Å². The molecule has 39 heavy (non-hydrogen) atoms. The molecule has 1 aromatic rings. The number of para-hydroxylation sites is 1. The molecule has 4 rings (SSSR count). The average molecular weight is 575 g/mol. The number of thioether (sulfide) groups is 1. The molecule has 1 spiro atoms. The molecule has 2 amide bonds. The highest BCUT2D eigenvalue weighted by Gasteiger charge is 2.75. The zero-order valence-corrected chi connectivity index (χ0v) is 24.5. The lowest BCUT2D eigenvalue weighted by Crippen LogP contribution is -2.58. The molecule has 3 heterocycles. The number of ether oxygens (including phenoxy) is 1. The maximum absolute atomic E-state index is 14.7. The van der Waals surface area contributed by atoms with Crippen LogP contribution >= 0.6 is 23.4 Å². The summed E-state index contributed by atoms with van der Waals surface area (Å²) < 4.78 is 4.85. The zero-order chi connectivity index (χ0) is 28.5. The Morgan fingerprint density at radius 1 is 1.33 bits per heavy atom. The van der Waals surface area contributed by atoms with Crippen molar-refractivity contribution in [3.63, 3.8) is 0 Å². The fourth-order valence-electron chi connectivity index (χ4n) is 6.65. The minimum absolute atomic E-state index is 0.0927. The summed E-state index contributed by atoms with van der Waals surface area (Å²) in [5.41, 5.74) is 1.41. The minimum Gasteiger partial charge on any atom is -0.465 e. The highest BCUT2D eigenvalue weighted by atomic mass is 35.5. The van der Waals surface area contributed by atoms with E-state index in [1.54, 1.807) is 39.8 Å². The van der Waals surface area contributed by atoms with Crippen molar-refractivity contribution in [3.05, 3.63) is 54.1 Å². The van der Waals surface area contributed by atoms with E-state index in [0.29, 0.717) is 23.6 Å². The van der Waals surface area contributed by atoms with Crippen LogP contribution in [0.3, 0.4) is 0 Å². The lowest BCUT2D eigenvalue weighted by Gasteiger charge is -2.41. The lowest BCUT2D eigenvalue weighted by molar-refractivity contribution is -0.154. The number of aliphatic hydroxyl groups excluding tert-OH is 1. The van der Waals surface area contributed by atoms with Gasteiger partial charge in [0, 0.05) is 11.8 Å². The molecule has 6 atom stereocenters. The molecule has 1 N–H and O–H groups in total. The Hall–Kier alpha value is -2.29. The van der Waals surface area contributed by atoms with Crippen LogP contribution < -0.4 is 4.90 Å². The van der Waals surface area contributed by atoms with Gasteiger partial charge in [-0.1, -0.05) is 49.7 Å². The second-order valence-corrected chi connectivity index (χ2v) is 13.0. The van der Waals surface area contributed by atoms with Gasteiger partial charge in [-0.2, -0.15) is 0 Å². The van der Waals surface area contributed by atoms with E-state index < -0.39 is 28.7 Å². The monoisotopic (exact) mass is 574 g/mol. The Morgan fingerprint density at radius 2 is 2.08 bits per heavy atom. The Bertz CT molecular complexity index is 1120. The molecule has 3 fully saturated rings. The van der Waals surface area contributed by atoms with Crippen molar-refractivity contribution in [2.45, 2.75) is 68.5 Å². The number of rotatable bonds is 12. The van der Waals surface area contributed by atoms with Gasteiger partial charge in [0.15, 0.2) is 0 Å². The third kappa shape index (κ3) is 5.04. The van der Waals surface area contributed by atoms with Gasteiger partial charge in [0.2, 0.25) is 5.91 Å². The first kappa shape index (κ1) is 29.7. The summed E-state index contributed by atoms with van der Waals surface area (Å²) in [4.78, 5) is 45.6. The van der Waals surface area contributed by atoms with Gasteiger partial charge in [-0.15, -0.1) is 24.9 Å². The SMILES string of the molecule is C=CCCCOC(=O)[C@@H]1[C@H]2C(=O)N([C@@H](CO)C(C)C)C(C(=O)N(CC=C)c3c(C)cccc3Cl)C23CC[C@H]1S3. The second-order valence-electron chi connectivity index (χ2n) is 11.0. The summed E-state index contributed by atoms with van der Waals surface area (Å²) >= 11 is 8.20. The standard InChI is InChI=1S/C30H39ClN2O5S/c1-6-8-9-16-38-29(37)23-22-13-14-30(39-22)24(23)27(35)33(21(17-34)18(3)4)26(30)28(36)32(15-7-2)25-19(5)11-10-12-20(25)31/h6-7,10-12,18,21-24,26,34H,1-2,8-9,13-17H2,3-5H3/t21-,22+,23-,24-,26?,30?/m0/s1. The number of likely N-dealkylation sites (tertiary alicyclic amines) is 1. The third-order valence-electron chi connectivity index (χ3n) is 8.39. The maximum Gasteiger partial charge on any atom is 0.310 e. The Balaban J connectivity index is 1.79. The number of hydrogen-bond donors (Lipinski definition) is 1. The van der Waals surface area contributed by atoms with E-state index in [1.807, 2.05) is 32.9 Å². The van der Waals surface area contributed by atoms with Crippen LogP contribution in [0.25, 0.3) is 0 Å². The second kappa shape index (κ2) is 12.1. The molecule has 0 saturated carbocycles. The van der Waals surface area contributed by atoms with Crippen molar-refractivity contribution < 1.29 is 24.2 Å². The number of aryl methyl sites for hydroxylation is 1. The number of anilines is 1. The number of esters is 1. The number of benzene rings is 1. The van der Waals surface area contributed by atoms with Crippen LogP contribution in [0.5, 0.6) is 0 Å². The number of halogens is 1. The molecule has 3 saturated heterocycles. The summed E-state index contributed by atoms with van der Waals surface area (Å²) in [7, 11) is 0. The van der Waals surface area contributed by atoms with Crippen molar-refractivity contribution >= 4 is 46.8 Å². The fraction of sp³-hybridized carbons (Fsp3) is 0.567. The van der Waals surface area contributed by atoms with E-state index in [4.69, 9.17) is 16.3 Å². The van der Waals surface area contributed by atoms with Gasteiger partial charge in [-0.3, -0.25) is 14.4 Å². The Labute approximate surface area is 240 Å². The molecule has 0 aromatic heterocycles. The summed E-state index contributed by atoms with van der Waals surface area (Å²) in [5, 5.41) is 10.8. The fourth-order valence-corrected chi connectivity index (χ4v) is 9.16. The van der Waals surface area contributed by atoms with Crippen LogP contribution in [0.4, 0.5) is 5.69 Å². The molecule has 2 bridgehead atoms. The summed E-state index contributed by atoms with van der Waals surface area (Å²) in [6, 6.07) is 4.03. The molecule has 0 radical (unpaired) electrons. The van der Waals surface area contributed by atoms with E-state index in [-0.39, 0.29) is 48.7 Å². The number of carbonyl (C=O) groups is 3. The lowest BCUT2D eigenvalue weighted by atomic mass is 9.71. The smallest absolute Gasteiger partial charge is 0.310 e. The topological polar surface area (TPSA) is 87.1 Å². The molecule has 7 nitrogen and oxygen atoms in total. The normalized spacial score (nSPS) is 27.9. The van der Waals surface area contributed by atoms with Gasteiger partial charge in [-0.05, 0) is 50.2 Å². The van der Waals surface area contributed by atoms with Gasteiger partial charge in [0.05, 0.1) is 46.5 Å². The molecule has 0 aliphatic carbocycles. The number of nitrogens with zero attached hydrogens (tertiary/aromatic N) is 2. The molecular formula is C30H39ClN2O5S. The molecule has 212 valence electrons. The number of aliphatic hydroxyl groups is 1. The molecule has 3 aliphatic heterocycles. The van der Waals surface area contributed by atoms with Crippen molar-refractivity contribution in [1.29, 1.82) is 0 Å². The molecular weight excluding hydrogens is 536 g/mol. The summed E-state index contributed by atoms with van der Waals surface area (Å²) in [6.07, 6.45) is 6.18. The number of carbonyl (C=O) groups excluding carboxylic acids is 3. The van der Waals surface area contributed by atoms with Crippen molar-refractivity contribution in [3.8, 4) is 0 Å². The molecule has 3 aliphatic rings. The first-order chi connectivity index (χ1) is 18.6. The van der Waals surface area contributed by atoms with Crippen LogP contribution in [-0.4, -0.2) is 69.6 Å². The van der Waals surface area contributed by atoms with Gasteiger partial charge in [-0.25, -0.2) is 0 Å². The van der Waals surface area contributed by atoms with Crippen LogP contribution in [-0.2, 0) is 19.1 Å². The van der Waals surface area contributed by atoms with E-state index >= 15 is 0 Å². The number of hydrogen-bond acceptors (Lipinski definition) is 6. The largest absolute Gasteiger partial charge is 0.465 e. The minimum atomic E-state index is -0.862. The first-order valence-corrected chi connectivity index (χ1v) is 15.0. The molecule has 2 unspecified atom stereocenters. The van der Waals surface area contributed by atoms with E-state index in [9.17, 15) is 19.5 Å². The van der Waals surface area contributed by atoms with Crippen molar-refractivity contribution in [2.75, 3.05) is 24.7 Å². The van der Waals surface area contributed by atoms with Gasteiger partial charge in [0.25, 0.3) is 5.91 Å². The van der Waals surface area contributed by atoms with Gasteiger partial charge < -0.3 is 19.6 Å². The first-order valence-electron chi connectivity index (χ1n) is 13.7. The van der Waals surface area contributed by atoms with Gasteiger partial charge >= 0.3 is 5.97 Å². The average Bonchev–Trinajstić information content (AvgIpc) is 3.53. The van der Waals surface area contributed by atoms with E-state index in [1.165, 1.54) is 0 Å². The predicted octanol–water partition coefficient (Wildman–Crippen LogP) is 4.78. The van der Waals surface area contributed by atoms with E-state index in [2.05, 4.69) is 13.2 Å². The van der Waals surface area contributed by atoms with Gasteiger partial charge in [0.1, 0.15) is 6.04 Å². The highest BCUT2D eigenvalue weighted by molar-refractivity contribution is 8.02. The van der Waals surface area contributed by atoms with Crippen molar-refractivity contribution in [2.24, 2.45) is 17.8 Å². The number of amides is 2. The molecule has 9 heteroatoms. The van der Waals surface area contributed by atoms with Crippen LogP contribution in [0.2, 0.25) is 5.02 Å². The quantitative estimate of drug-likeness (QED) is 0.219. The third-order valence-corrected chi connectivity index (χ3v) is 10.6. The number of fused-ring (bicyclic) bond motifs is 1. The highest BCUT2D eigenvalue weighted by Crippen LogP contribution is 2.67. The Kier molecular flexibility index (Phi) is 9.19. The number of unbranched alkanes of at least 4 members (excludes halogenated alkanes) is 1. The van der Waals surface area contributed by atoms with E-state index in [0.717, 1.165) is 18.4 Å². The van der Waals surface area contributed by atoms with Crippen LogP contribution in [0, 0.1) is 24.7 Å². The maximum atomic E-state index is 14.7.